The van der Waals surface area contributed by atoms with E-state index >= 15 is 4.39 Å². The lowest BCUT2D eigenvalue weighted by molar-refractivity contribution is -0.128. The highest BCUT2D eigenvalue weighted by molar-refractivity contribution is 6.08. The Hall–Kier alpha value is -5.07. The number of amides is 2. The van der Waals surface area contributed by atoms with Gasteiger partial charge in [0, 0.05) is 43.9 Å². The standard InChI is InChI=1S/C28H26FN7O5/c1-5-20(38)34-9-10-35(15(2)12-34)25(30-3)18-11-17-22(29)16-7-6-8-19-21(16)23(17)33-26(18)36(14-37)24-27(39-4)31-13-32-28(24)41-40-19/h5-8,11,13-15,22H,1,9-10,12H2,2-4H3. The van der Waals surface area contributed by atoms with Gasteiger partial charge in [0.05, 0.1) is 23.9 Å². The molecule has 2 bridgehead atoms. The molecule has 2 aromatic heterocycles. The molecular weight excluding hydrogens is 533 g/mol. The minimum absolute atomic E-state index is 0.0248. The molecular formula is C28H26FN7O5. The molecule has 12 nitrogen and oxygen atoms in total. The van der Waals surface area contributed by atoms with E-state index < -0.39 is 6.17 Å². The molecule has 1 aromatic carbocycles. The van der Waals surface area contributed by atoms with Gasteiger partial charge in [0.1, 0.15) is 12.2 Å². The van der Waals surface area contributed by atoms with Gasteiger partial charge in [0.25, 0.3) is 0 Å². The van der Waals surface area contributed by atoms with E-state index in [1.807, 2.05) is 11.8 Å². The van der Waals surface area contributed by atoms with Crippen LogP contribution >= 0.6 is 0 Å². The van der Waals surface area contributed by atoms with Crippen molar-refractivity contribution >= 4 is 29.7 Å². The Balaban J connectivity index is 1.58. The molecule has 3 aromatic rings. The Morgan fingerprint density at radius 3 is 2.78 bits per heavy atom. The summed E-state index contributed by atoms with van der Waals surface area (Å²) >= 11 is 0. The van der Waals surface area contributed by atoms with E-state index in [1.54, 1.807) is 36.2 Å². The fourth-order valence-corrected chi connectivity index (χ4v) is 5.57. The van der Waals surface area contributed by atoms with Gasteiger partial charge in [-0.1, -0.05) is 18.7 Å². The third kappa shape index (κ3) is 4.03. The van der Waals surface area contributed by atoms with Crippen LogP contribution in [0.5, 0.6) is 17.5 Å². The van der Waals surface area contributed by atoms with Crippen LogP contribution in [0.1, 0.15) is 29.8 Å². The molecule has 6 rings (SSSR count). The second-order valence-electron chi connectivity index (χ2n) is 9.64. The maximum atomic E-state index is 16.0. The summed E-state index contributed by atoms with van der Waals surface area (Å²) in [5.74, 6) is 0.599. The number of pyridine rings is 1. The van der Waals surface area contributed by atoms with Crippen LogP contribution in [0.4, 0.5) is 15.9 Å². The number of aromatic nitrogens is 3. The van der Waals surface area contributed by atoms with E-state index in [0.29, 0.717) is 59.8 Å². The lowest BCUT2D eigenvalue weighted by Crippen LogP contribution is -2.55. The van der Waals surface area contributed by atoms with E-state index in [4.69, 9.17) is 19.5 Å². The van der Waals surface area contributed by atoms with Gasteiger partial charge in [0.15, 0.2) is 23.4 Å². The molecule has 1 aliphatic carbocycles. The first-order chi connectivity index (χ1) is 19.9. The van der Waals surface area contributed by atoms with Gasteiger partial charge in [-0.05, 0) is 25.1 Å². The number of fused-ring (bicyclic) bond motifs is 2. The minimum atomic E-state index is -1.51. The molecule has 1 saturated heterocycles. The van der Waals surface area contributed by atoms with Crippen molar-refractivity contribution in [1.29, 1.82) is 0 Å². The molecule has 41 heavy (non-hydrogen) atoms. The minimum Gasteiger partial charge on any atom is -0.479 e. The van der Waals surface area contributed by atoms with E-state index in [2.05, 4.69) is 21.5 Å². The molecule has 2 aliphatic heterocycles. The summed E-state index contributed by atoms with van der Waals surface area (Å²) in [6, 6.07) is 6.45. The van der Waals surface area contributed by atoms with Gasteiger partial charge in [-0.3, -0.25) is 29.3 Å². The number of rotatable bonds is 4. The number of nitrogens with zero attached hydrogens (tertiary/aromatic N) is 7. The summed E-state index contributed by atoms with van der Waals surface area (Å²) < 4.78 is 21.5. The van der Waals surface area contributed by atoms with Crippen molar-refractivity contribution in [1.82, 2.24) is 24.8 Å². The van der Waals surface area contributed by atoms with Gasteiger partial charge in [0.2, 0.25) is 18.2 Å². The highest BCUT2D eigenvalue weighted by atomic mass is 19.1. The summed E-state index contributed by atoms with van der Waals surface area (Å²) in [5.41, 5.74) is 1.81. The second kappa shape index (κ2) is 10.2. The quantitative estimate of drug-likeness (QED) is 0.156. The normalized spacial score (nSPS) is 19.1. The molecule has 2 unspecified atom stereocenters. The Morgan fingerprint density at radius 2 is 2.07 bits per heavy atom. The van der Waals surface area contributed by atoms with E-state index in [1.165, 1.54) is 24.4 Å². The number of methoxy groups -OCH3 is 1. The number of alkyl halides is 1. The second-order valence-corrected chi connectivity index (χ2v) is 9.64. The number of benzene rings is 1. The Bertz CT molecular complexity index is 1610. The van der Waals surface area contributed by atoms with Crippen LogP contribution < -0.4 is 19.4 Å². The summed E-state index contributed by atoms with van der Waals surface area (Å²) in [6.45, 7) is 6.83. The summed E-state index contributed by atoms with van der Waals surface area (Å²) in [4.78, 5) is 59.0. The largest absolute Gasteiger partial charge is 0.479 e. The highest BCUT2D eigenvalue weighted by Crippen LogP contribution is 2.52. The molecule has 0 radical (unpaired) electrons. The lowest BCUT2D eigenvalue weighted by atomic mass is 10.0. The van der Waals surface area contributed by atoms with Crippen molar-refractivity contribution < 1.29 is 28.5 Å². The van der Waals surface area contributed by atoms with E-state index in [9.17, 15) is 9.59 Å². The van der Waals surface area contributed by atoms with Gasteiger partial charge < -0.3 is 14.5 Å². The number of anilines is 2. The SMILES string of the molecule is C=CC(=O)N1CCN(C(=NC)c2cc3c4nc2N(C=O)c2c(OC)ncnc2OOc2cccc(c2-4)C3F)C(C)C1. The van der Waals surface area contributed by atoms with Crippen LogP contribution in [0.25, 0.3) is 11.3 Å². The fraction of sp³-hybridized carbons (Fsp3) is 0.286. The van der Waals surface area contributed by atoms with Gasteiger partial charge in [-0.15, -0.1) is 0 Å². The molecule has 4 heterocycles. The number of hydrogen-bond acceptors (Lipinski definition) is 9. The smallest absolute Gasteiger partial charge is 0.301 e. The summed E-state index contributed by atoms with van der Waals surface area (Å²) in [7, 11) is 3.01. The molecule has 0 saturated carbocycles. The summed E-state index contributed by atoms with van der Waals surface area (Å²) in [5, 5.41) is 0. The number of ether oxygens (including phenoxy) is 1. The van der Waals surface area contributed by atoms with Crippen LogP contribution in [0, 0.1) is 0 Å². The zero-order chi connectivity index (χ0) is 28.8. The third-order valence-electron chi connectivity index (χ3n) is 7.45. The van der Waals surface area contributed by atoms with Crippen LogP contribution in [-0.2, 0) is 9.59 Å². The molecule has 2 atom stereocenters. The zero-order valence-corrected chi connectivity index (χ0v) is 22.6. The van der Waals surface area contributed by atoms with Crippen LogP contribution in [-0.4, -0.2) is 82.7 Å². The predicted octanol–water partition coefficient (Wildman–Crippen LogP) is 3.00. The fourth-order valence-electron chi connectivity index (χ4n) is 5.57. The number of hydrogen-bond donors (Lipinski definition) is 0. The average molecular weight is 560 g/mol. The molecule has 13 heteroatoms. The van der Waals surface area contributed by atoms with Crippen LogP contribution in [0.2, 0.25) is 0 Å². The van der Waals surface area contributed by atoms with E-state index in [-0.39, 0.29) is 41.0 Å². The first kappa shape index (κ1) is 26.2. The van der Waals surface area contributed by atoms with Crippen molar-refractivity contribution in [3.05, 3.63) is 59.9 Å². The van der Waals surface area contributed by atoms with Gasteiger partial charge >= 0.3 is 5.88 Å². The van der Waals surface area contributed by atoms with Crippen molar-refractivity contribution in [3.8, 4) is 28.8 Å². The van der Waals surface area contributed by atoms with Crippen LogP contribution in [0.15, 0.2) is 48.2 Å². The third-order valence-corrected chi connectivity index (χ3v) is 7.45. The number of piperazine rings is 1. The van der Waals surface area contributed by atoms with Gasteiger partial charge in [-0.2, -0.15) is 9.97 Å². The topological polar surface area (TPSA) is 123 Å². The number of halogens is 1. The Morgan fingerprint density at radius 1 is 1.24 bits per heavy atom. The van der Waals surface area contributed by atoms with Crippen molar-refractivity contribution in [2.45, 2.75) is 19.1 Å². The number of carbonyl (C=O) groups excluding carboxylic acids is 2. The molecule has 1 fully saturated rings. The lowest BCUT2D eigenvalue weighted by Gasteiger charge is -2.41. The molecule has 210 valence electrons. The Labute approximate surface area is 234 Å². The highest BCUT2D eigenvalue weighted by Gasteiger charge is 2.39. The van der Waals surface area contributed by atoms with Crippen molar-refractivity contribution in [2.24, 2.45) is 4.99 Å². The molecule has 0 N–H and O–H groups in total. The maximum Gasteiger partial charge on any atom is 0.301 e. The predicted molar refractivity (Wildman–Crippen MR) is 146 cm³/mol. The molecule has 3 aliphatic rings. The maximum absolute atomic E-state index is 16.0. The average Bonchev–Trinajstić information content (AvgIpc) is 3.28. The monoisotopic (exact) mass is 559 g/mol. The molecule has 0 spiro atoms. The number of carbonyl (C=O) groups is 2. The van der Waals surface area contributed by atoms with Crippen molar-refractivity contribution in [3.63, 3.8) is 0 Å². The Kier molecular flexibility index (Phi) is 6.48. The van der Waals surface area contributed by atoms with Gasteiger partial charge in [-0.25, -0.2) is 9.37 Å². The first-order valence-electron chi connectivity index (χ1n) is 12.9. The first-order valence-corrected chi connectivity index (χ1v) is 12.9. The van der Waals surface area contributed by atoms with E-state index in [0.717, 1.165) is 0 Å². The number of amidine groups is 1. The van der Waals surface area contributed by atoms with Crippen molar-refractivity contribution in [2.75, 3.05) is 38.7 Å². The van der Waals surface area contributed by atoms with Crippen LogP contribution in [0.3, 0.4) is 0 Å². The zero-order valence-electron chi connectivity index (χ0n) is 22.6. The summed E-state index contributed by atoms with van der Waals surface area (Å²) in [6.07, 6.45) is 1.51. The number of aliphatic imine (C=N–C) groups is 1. The molecule has 2 amide bonds.